The molecule has 0 radical (unpaired) electrons. The first kappa shape index (κ1) is 40.0. The molecule has 280 valence electrons. The quantitative estimate of drug-likeness (QED) is 0.0486. The number of unbranched alkanes of at least 4 members (excludes halogenated alkanes) is 11. The highest BCUT2D eigenvalue weighted by atomic mass is 16.5. The molecule has 5 heteroatoms. The van der Waals surface area contributed by atoms with Crippen LogP contribution in [0.1, 0.15) is 83.5 Å². The molecule has 1 heterocycles. The lowest BCUT2D eigenvalue weighted by Gasteiger charge is -2.44. The van der Waals surface area contributed by atoms with Gasteiger partial charge in [-0.1, -0.05) is 179 Å². The fourth-order valence-corrected chi connectivity index (χ4v) is 8.03. The van der Waals surface area contributed by atoms with Crippen molar-refractivity contribution < 1.29 is 19.2 Å². The zero-order chi connectivity index (χ0) is 37.7. The molecule has 0 amide bonds. The molecule has 0 saturated heterocycles. The first-order valence-corrected chi connectivity index (χ1v) is 20.2. The molecule has 0 bridgehead atoms. The number of carbonyl (C=O) groups is 1. The van der Waals surface area contributed by atoms with Gasteiger partial charge in [0.1, 0.15) is 18.4 Å². The second kappa shape index (κ2) is 22.2. The van der Waals surface area contributed by atoms with Crippen molar-refractivity contribution in [3.8, 4) is 5.75 Å². The maximum absolute atomic E-state index is 10.4. The van der Waals surface area contributed by atoms with Gasteiger partial charge < -0.3 is 9.84 Å². The fourth-order valence-electron chi connectivity index (χ4n) is 8.03. The molecule has 1 aromatic heterocycles. The monoisotopic (exact) mass is 719 g/mol. The average Bonchev–Trinajstić information content (AvgIpc) is 3.23. The third kappa shape index (κ3) is 11.4. The number of fused-ring (bicyclic) bond motifs is 1. The molecule has 0 aliphatic carbocycles. The minimum absolute atomic E-state index is 0.327. The van der Waals surface area contributed by atoms with Crippen molar-refractivity contribution in [3.63, 3.8) is 0 Å². The molecule has 0 unspecified atom stereocenters. The standard InChI is InChI=1S/C25H37NO3.C24H20B/c1-29-23-17-18-24-22(21-23)15-14-20-26(24)19-13-11-9-7-5-3-2-4-6-8-10-12-16-25(27)28;1-5-13-21(14-6-1)25(22-15-7-2-8-16-22,23-17-9-3-10-18-23)24-19-11-4-12-20-24/h14-15,17-18,20-21H,2-13,16,19H2,1H3;1-20H/q;-1/p+1. The Morgan fingerprint density at radius 3 is 1.33 bits per heavy atom. The molecule has 0 aliphatic heterocycles. The van der Waals surface area contributed by atoms with E-state index in [0.717, 1.165) is 25.1 Å². The first-order chi connectivity index (χ1) is 26.6. The van der Waals surface area contributed by atoms with E-state index in [9.17, 15) is 4.79 Å². The molecule has 0 atom stereocenters. The Balaban J connectivity index is 0.000000209. The predicted octanol–water partition coefficient (Wildman–Crippen LogP) is 9.36. The van der Waals surface area contributed by atoms with E-state index in [1.54, 1.807) is 7.11 Å². The Morgan fingerprint density at radius 1 is 0.519 bits per heavy atom. The highest BCUT2D eigenvalue weighted by Crippen LogP contribution is 2.18. The minimum atomic E-state index is -1.22. The van der Waals surface area contributed by atoms with Gasteiger partial charge in [-0.05, 0) is 31.0 Å². The number of methoxy groups -OCH3 is 1. The van der Waals surface area contributed by atoms with Gasteiger partial charge in [-0.3, -0.25) is 4.79 Å². The lowest BCUT2D eigenvalue weighted by molar-refractivity contribution is -0.671. The van der Waals surface area contributed by atoms with E-state index < -0.39 is 12.1 Å². The summed E-state index contributed by atoms with van der Waals surface area (Å²) < 4.78 is 7.68. The molecule has 1 N–H and O–H groups in total. The summed E-state index contributed by atoms with van der Waals surface area (Å²) in [5.41, 5.74) is 6.63. The van der Waals surface area contributed by atoms with Crippen LogP contribution >= 0.6 is 0 Å². The summed E-state index contributed by atoms with van der Waals surface area (Å²) in [5.74, 6) is 0.245. The molecule has 6 rings (SSSR count). The number of aryl methyl sites for hydroxylation is 1. The highest BCUT2D eigenvalue weighted by molar-refractivity contribution is 7.19. The van der Waals surface area contributed by atoms with E-state index in [1.807, 2.05) is 6.07 Å². The van der Waals surface area contributed by atoms with Crippen LogP contribution in [0.3, 0.4) is 0 Å². The number of pyridine rings is 1. The number of carboxylic acids is 1. The number of hydrogen-bond acceptors (Lipinski definition) is 2. The summed E-state index contributed by atoms with van der Waals surface area (Å²) in [4.78, 5) is 10.4. The Kier molecular flexibility index (Phi) is 16.4. The van der Waals surface area contributed by atoms with Crippen LogP contribution in [0.5, 0.6) is 5.75 Å². The third-order valence-electron chi connectivity index (χ3n) is 10.8. The van der Waals surface area contributed by atoms with Crippen LogP contribution < -0.4 is 31.2 Å². The van der Waals surface area contributed by atoms with Gasteiger partial charge in [0.2, 0.25) is 5.52 Å². The van der Waals surface area contributed by atoms with Crippen molar-refractivity contribution in [2.24, 2.45) is 0 Å². The van der Waals surface area contributed by atoms with Gasteiger partial charge in [-0.15, -0.1) is 0 Å². The topological polar surface area (TPSA) is 50.4 Å². The van der Waals surface area contributed by atoms with E-state index in [2.05, 4.69) is 156 Å². The summed E-state index contributed by atoms with van der Waals surface area (Å²) in [5, 5.41) is 9.83. The summed E-state index contributed by atoms with van der Waals surface area (Å²) in [6.45, 7) is 1.07. The summed E-state index contributed by atoms with van der Waals surface area (Å²) >= 11 is 0. The molecular weight excluding hydrogens is 661 g/mol. The number of aromatic nitrogens is 1. The summed E-state index contributed by atoms with van der Waals surface area (Å²) in [6, 6.07) is 54.1. The Hall–Kier alpha value is -5.16. The third-order valence-corrected chi connectivity index (χ3v) is 10.8. The zero-order valence-electron chi connectivity index (χ0n) is 32.2. The van der Waals surface area contributed by atoms with E-state index in [-0.39, 0.29) is 0 Å². The maximum Gasteiger partial charge on any atom is 0.303 e. The van der Waals surface area contributed by atoms with E-state index in [1.165, 1.54) is 97.0 Å². The van der Waals surface area contributed by atoms with E-state index in [0.29, 0.717) is 6.42 Å². The minimum Gasteiger partial charge on any atom is -0.497 e. The smallest absolute Gasteiger partial charge is 0.303 e. The molecule has 54 heavy (non-hydrogen) atoms. The summed E-state index contributed by atoms with van der Waals surface area (Å²) in [7, 11) is 1.71. The molecule has 0 aliphatic rings. The number of hydrogen-bond donors (Lipinski definition) is 1. The number of aliphatic carboxylic acids is 1. The first-order valence-electron chi connectivity index (χ1n) is 20.2. The maximum atomic E-state index is 10.4. The van der Waals surface area contributed by atoms with Gasteiger partial charge in [0.25, 0.3) is 0 Å². The van der Waals surface area contributed by atoms with Gasteiger partial charge >= 0.3 is 5.97 Å². The van der Waals surface area contributed by atoms with Gasteiger partial charge in [0.05, 0.1) is 12.5 Å². The number of benzene rings is 5. The normalized spacial score (nSPS) is 11.1. The predicted molar refractivity (Wildman–Crippen MR) is 228 cm³/mol. The number of carboxylic acid groups (broad SMARTS) is 1. The van der Waals surface area contributed by atoms with Crippen LogP contribution in [-0.2, 0) is 11.3 Å². The van der Waals surface area contributed by atoms with Crippen LogP contribution in [0.2, 0.25) is 0 Å². The van der Waals surface area contributed by atoms with Crippen LogP contribution in [0.15, 0.2) is 158 Å². The van der Waals surface area contributed by atoms with Crippen molar-refractivity contribution >= 4 is 44.9 Å². The van der Waals surface area contributed by atoms with Crippen molar-refractivity contribution in [2.45, 2.75) is 90.0 Å². The molecule has 0 spiro atoms. The van der Waals surface area contributed by atoms with E-state index >= 15 is 0 Å². The fraction of sp³-hybridized carbons (Fsp3) is 0.306. The van der Waals surface area contributed by atoms with Gasteiger partial charge in [0.15, 0.2) is 6.20 Å². The Labute approximate surface area is 323 Å². The molecular formula is C49H58BNO3. The van der Waals surface area contributed by atoms with Crippen molar-refractivity contribution in [3.05, 3.63) is 158 Å². The second-order valence-electron chi connectivity index (χ2n) is 14.5. The van der Waals surface area contributed by atoms with Crippen LogP contribution in [-0.4, -0.2) is 24.3 Å². The van der Waals surface area contributed by atoms with Gasteiger partial charge in [-0.2, -0.15) is 26.4 Å². The van der Waals surface area contributed by atoms with Crippen LogP contribution in [0.4, 0.5) is 0 Å². The highest BCUT2D eigenvalue weighted by Gasteiger charge is 2.31. The lowest BCUT2D eigenvalue weighted by atomic mass is 9.13. The number of rotatable bonds is 20. The van der Waals surface area contributed by atoms with Crippen LogP contribution in [0, 0.1) is 0 Å². The average molecular weight is 720 g/mol. The molecule has 6 aromatic rings. The van der Waals surface area contributed by atoms with Gasteiger partial charge in [0, 0.05) is 25.0 Å². The largest absolute Gasteiger partial charge is 0.497 e. The van der Waals surface area contributed by atoms with Crippen molar-refractivity contribution in [1.29, 1.82) is 0 Å². The number of nitrogens with zero attached hydrogens (tertiary/aromatic N) is 1. The Bertz CT molecular complexity index is 1770. The van der Waals surface area contributed by atoms with Gasteiger partial charge in [-0.25, -0.2) is 0 Å². The van der Waals surface area contributed by atoms with Crippen molar-refractivity contribution in [2.75, 3.05) is 7.11 Å². The Morgan fingerprint density at radius 2 is 0.926 bits per heavy atom. The molecule has 0 fully saturated rings. The summed E-state index contributed by atoms with van der Waals surface area (Å²) in [6.07, 6.45) is 16.1. The molecule has 5 aromatic carbocycles. The second-order valence-corrected chi connectivity index (χ2v) is 14.5. The lowest BCUT2D eigenvalue weighted by Crippen LogP contribution is -2.74. The van der Waals surface area contributed by atoms with E-state index in [4.69, 9.17) is 9.84 Å². The zero-order valence-corrected chi connectivity index (χ0v) is 32.2. The SMILES string of the molecule is COc1ccc2c(ccc[n+]2CCCCCCCCCCCCCCC(=O)O)c1.c1ccc([B-](c2ccccc2)(c2ccccc2)c2ccccc2)cc1. The van der Waals surface area contributed by atoms with Crippen molar-refractivity contribution in [1.82, 2.24) is 0 Å². The molecule has 4 nitrogen and oxygen atoms in total. The number of ether oxygens (including phenoxy) is 1. The molecule has 0 saturated carbocycles. The van der Waals surface area contributed by atoms with Crippen LogP contribution in [0.25, 0.3) is 10.9 Å².